The van der Waals surface area contributed by atoms with E-state index in [1.54, 1.807) is 13.0 Å². The third kappa shape index (κ3) is 3.88. The molecule has 1 heterocycles. The fraction of sp³-hybridized carbons (Fsp3) is 0.188. The molecular formula is C16H14F2N2O3. The molecule has 0 spiro atoms. The number of carbonyl (C=O) groups excluding carboxylic acids is 2. The number of methoxy groups -OCH3 is 1. The quantitative estimate of drug-likeness (QED) is 0.878. The lowest BCUT2D eigenvalue weighted by atomic mass is 10.1. The van der Waals surface area contributed by atoms with Crippen LogP contribution in [0, 0.1) is 18.6 Å². The van der Waals surface area contributed by atoms with Crippen molar-refractivity contribution in [2.24, 2.45) is 0 Å². The molecule has 7 heteroatoms. The highest BCUT2D eigenvalue weighted by atomic mass is 19.1. The van der Waals surface area contributed by atoms with Crippen LogP contribution in [0.4, 0.5) is 8.78 Å². The Morgan fingerprint density at radius 2 is 1.96 bits per heavy atom. The topological polar surface area (TPSA) is 68.3 Å². The zero-order valence-electron chi connectivity index (χ0n) is 12.5. The van der Waals surface area contributed by atoms with Crippen LogP contribution in [0.1, 0.15) is 27.7 Å². The molecule has 1 amide bonds. The molecule has 0 aliphatic heterocycles. The molecule has 2 rings (SSSR count). The van der Waals surface area contributed by atoms with Gasteiger partial charge in [0, 0.05) is 17.5 Å². The predicted molar refractivity (Wildman–Crippen MR) is 77.6 cm³/mol. The van der Waals surface area contributed by atoms with Gasteiger partial charge in [-0.1, -0.05) is 0 Å². The van der Waals surface area contributed by atoms with Gasteiger partial charge in [-0.2, -0.15) is 0 Å². The number of esters is 1. The van der Waals surface area contributed by atoms with Gasteiger partial charge in [0.05, 0.1) is 12.7 Å². The van der Waals surface area contributed by atoms with E-state index in [0.29, 0.717) is 5.69 Å². The van der Waals surface area contributed by atoms with E-state index < -0.39 is 29.6 Å². The van der Waals surface area contributed by atoms with Crippen LogP contribution >= 0.6 is 0 Å². The van der Waals surface area contributed by atoms with Crippen molar-refractivity contribution >= 4 is 11.9 Å². The van der Waals surface area contributed by atoms with E-state index in [2.05, 4.69) is 15.0 Å². The third-order valence-electron chi connectivity index (χ3n) is 3.15. The summed E-state index contributed by atoms with van der Waals surface area (Å²) >= 11 is 0. The number of aromatic nitrogens is 1. The molecule has 0 saturated carbocycles. The number of ether oxygens (including phenoxy) is 1. The van der Waals surface area contributed by atoms with Crippen molar-refractivity contribution in [1.82, 2.24) is 10.3 Å². The Balaban J connectivity index is 2.32. The lowest BCUT2D eigenvalue weighted by Crippen LogP contribution is -2.35. The summed E-state index contributed by atoms with van der Waals surface area (Å²) in [5.41, 5.74) is 0.578. The molecule has 5 nitrogen and oxygen atoms in total. The number of pyridine rings is 1. The minimum Gasteiger partial charge on any atom is -0.467 e. The summed E-state index contributed by atoms with van der Waals surface area (Å²) in [6.07, 6.45) is 1.32. The number of nitrogens with one attached hydrogen (secondary N) is 1. The molecule has 1 atom stereocenters. The third-order valence-corrected chi connectivity index (χ3v) is 3.15. The highest BCUT2D eigenvalue weighted by Crippen LogP contribution is 2.20. The van der Waals surface area contributed by atoms with Gasteiger partial charge in [-0.05, 0) is 37.3 Å². The summed E-state index contributed by atoms with van der Waals surface area (Å²) in [6, 6.07) is 4.28. The number of hydrogen-bond acceptors (Lipinski definition) is 4. The van der Waals surface area contributed by atoms with E-state index in [0.717, 1.165) is 25.3 Å². The van der Waals surface area contributed by atoms with Gasteiger partial charge in [-0.15, -0.1) is 0 Å². The van der Waals surface area contributed by atoms with E-state index in [9.17, 15) is 18.4 Å². The van der Waals surface area contributed by atoms with Crippen LogP contribution in [0.5, 0.6) is 0 Å². The molecule has 0 saturated heterocycles. The molecule has 1 N–H and O–H groups in total. The standard InChI is InChI=1S/C16H14F2N2O3/c1-9-3-4-10(8-19-9)15(21)20-14(16(22)23-2)12-7-11(17)5-6-13(12)18/h3-8,14H,1-2H3,(H,20,21)/t14-/m1/s1. The molecule has 0 unspecified atom stereocenters. The van der Waals surface area contributed by atoms with Gasteiger partial charge in [-0.3, -0.25) is 9.78 Å². The van der Waals surface area contributed by atoms with Gasteiger partial charge in [0.25, 0.3) is 5.91 Å². The molecule has 0 bridgehead atoms. The smallest absolute Gasteiger partial charge is 0.333 e. The molecule has 1 aromatic carbocycles. The molecule has 0 aliphatic carbocycles. The van der Waals surface area contributed by atoms with Gasteiger partial charge in [0.2, 0.25) is 0 Å². The van der Waals surface area contributed by atoms with Crippen molar-refractivity contribution in [3.05, 3.63) is 65.0 Å². The van der Waals surface area contributed by atoms with Crippen LogP contribution in [0.25, 0.3) is 0 Å². The fourth-order valence-corrected chi connectivity index (χ4v) is 1.93. The molecule has 1 aromatic heterocycles. The van der Waals surface area contributed by atoms with E-state index in [1.807, 2.05) is 0 Å². The van der Waals surface area contributed by atoms with E-state index in [-0.39, 0.29) is 11.1 Å². The van der Waals surface area contributed by atoms with Crippen molar-refractivity contribution in [3.8, 4) is 0 Å². The van der Waals surface area contributed by atoms with Crippen LogP contribution in [0.15, 0.2) is 36.5 Å². The van der Waals surface area contributed by atoms with Crippen molar-refractivity contribution < 1.29 is 23.1 Å². The Labute approximate surface area is 131 Å². The number of hydrogen-bond donors (Lipinski definition) is 1. The first-order chi connectivity index (χ1) is 10.9. The summed E-state index contributed by atoms with van der Waals surface area (Å²) in [7, 11) is 1.09. The number of benzene rings is 1. The average molecular weight is 320 g/mol. The maximum absolute atomic E-state index is 13.9. The van der Waals surface area contributed by atoms with Gasteiger partial charge < -0.3 is 10.1 Å². The first kappa shape index (κ1) is 16.5. The van der Waals surface area contributed by atoms with Crippen LogP contribution in [0.2, 0.25) is 0 Å². The fourth-order valence-electron chi connectivity index (χ4n) is 1.93. The number of halogens is 2. The second-order valence-electron chi connectivity index (χ2n) is 4.78. The highest BCUT2D eigenvalue weighted by Gasteiger charge is 2.27. The lowest BCUT2D eigenvalue weighted by molar-refractivity contribution is -0.143. The summed E-state index contributed by atoms with van der Waals surface area (Å²) < 4.78 is 31.8. The first-order valence-electron chi connectivity index (χ1n) is 6.68. The average Bonchev–Trinajstić information content (AvgIpc) is 2.54. The number of carbonyl (C=O) groups is 2. The van der Waals surface area contributed by atoms with Crippen LogP contribution in [0.3, 0.4) is 0 Å². The number of aryl methyl sites for hydroxylation is 1. The Morgan fingerprint density at radius 3 is 2.57 bits per heavy atom. The van der Waals surface area contributed by atoms with Crippen molar-refractivity contribution in [3.63, 3.8) is 0 Å². The summed E-state index contributed by atoms with van der Waals surface area (Å²) in [4.78, 5) is 28.0. The van der Waals surface area contributed by atoms with Crippen LogP contribution < -0.4 is 5.32 Å². The van der Waals surface area contributed by atoms with Crippen molar-refractivity contribution in [2.75, 3.05) is 7.11 Å². The monoisotopic (exact) mass is 320 g/mol. The summed E-state index contributed by atoms with van der Waals surface area (Å²) in [5, 5.41) is 2.33. The van der Waals surface area contributed by atoms with Crippen LogP contribution in [-0.2, 0) is 9.53 Å². The molecule has 23 heavy (non-hydrogen) atoms. The zero-order chi connectivity index (χ0) is 17.0. The van der Waals surface area contributed by atoms with E-state index in [1.165, 1.54) is 12.3 Å². The Bertz CT molecular complexity index is 733. The Kier molecular flexibility index (Phi) is 5.00. The maximum Gasteiger partial charge on any atom is 0.333 e. The normalized spacial score (nSPS) is 11.7. The molecular weight excluding hydrogens is 306 g/mol. The second-order valence-corrected chi connectivity index (χ2v) is 4.78. The second kappa shape index (κ2) is 6.95. The molecule has 0 fully saturated rings. The highest BCUT2D eigenvalue weighted by molar-refractivity contribution is 5.96. The molecule has 0 radical (unpaired) electrons. The largest absolute Gasteiger partial charge is 0.467 e. The van der Waals surface area contributed by atoms with Crippen molar-refractivity contribution in [1.29, 1.82) is 0 Å². The Hall–Kier alpha value is -2.83. The maximum atomic E-state index is 13.9. The molecule has 120 valence electrons. The van der Waals surface area contributed by atoms with Gasteiger partial charge in [0.15, 0.2) is 6.04 Å². The number of amides is 1. The van der Waals surface area contributed by atoms with E-state index in [4.69, 9.17) is 0 Å². The van der Waals surface area contributed by atoms with Gasteiger partial charge in [-0.25, -0.2) is 13.6 Å². The zero-order valence-corrected chi connectivity index (χ0v) is 12.5. The lowest BCUT2D eigenvalue weighted by Gasteiger charge is -2.17. The number of rotatable bonds is 4. The predicted octanol–water partition coefficient (Wildman–Crippen LogP) is 2.31. The molecule has 2 aromatic rings. The molecule has 0 aliphatic rings. The van der Waals surface area contributed by atoms with Gasteiger partial charge >= 0.3 is 5.97 Å². The van der Waals surface area contributed by atoms with Crippen molar-refractivity contribution in [2.45, 2.75) is 13.0 Å². The first-order valence-corrected chi connectivity index (χ1v) is 6.68. The minimum atomic E-state index is -1.47. The SMILES string of the molecule is COC(=O)[C@H](NC(=O)c1ccc(C)nc1)c1cc(F)ccc1F. The van der Waals surface area contributed by atoms with E-state index >= 15 is 0 Å². The van der Waals surface area contributed by atoms with Gasteiger partial charge in [0.1, 0.15) is 11.6 Å². The Morgan fingerprint density at radius 1 is 1.22 bits per heavy atom. The van der Waals surface area contributed by atoms with Crippen LogP contribution in [-0.4, -0.2) is 24.0 Å². The minimum absolute atomic E-state index is 0.182. The number of nitrogens with zero attached hydrogens (tertiary/aromatic N) is 1. The summed E-state index contributed by atoms with van der Waals surface area (Å²) in [6.45, 7) is 1.75. The summed E-state index contributed by atoms with van der Waals surface area (Å²) in [5.74, 6) is -3.13.